The summed E-state index contributed by atoms with van der Waals surface area (Å²) in [4.78, 5) is 5.74. The van der Waals surface area contributed by atoms with Gasteiger partial charge in [-0.2, -0.15) is 0 Å². The zero-order valence-corrected chi connectivity index (χ0v) is 12.2. The molecule has 2 aromatic rings. The van der Waals surface area contributed by atoms with Crippen molar-refractivity contribution in [3.8, 4) is 10.6 Å². The van der Waals surface area contributed by atoms with E-state index in [-0.39, 0.29) is 12.0 Å². The molecule has 0 aliphatic rings. The van der Waals surface area contributed by atoms with E-state index < -0.39 is 0 Å². The van der Waals surface area contributed by atoms with E-state index >= 15 is 0 Å². The third-order valence-corrected chi connectivity index (χ3v) is 5.16. The Morgan fingerprint density at radius 1 is 1.44 bits per heavy atom. The molecule has 16 heavy (non-hydrogen) atoms. The zero-order chi connectivity index (χ0) is 11.8. The van der Waals surface area contributed by atoms with Gasteiger partial charge in [-0.3, -0.25) is 0 Å². The number of rotatable bonds is 3. The van der Waals surface area contributed by atoms with Gasteiger partial charge in [0.15, 0.2) is 0 Å². The Labute approximate surface area is 111 Å². The molecule has 0 aliphatic heterocycles. The van der Waals surface area contributed by atoms with Crippen LogP contribution in [0.1, 0.15) is 18.9 Å². The fraction of sp³-hybridized carbons (Fsp3) is 0.364. The lowest BCUT2D eigenvalue weighted by Crippen LogP contribution is -2.21. The van der Waals surface area contributed by atoms with Crippen molar-refractivity contribution in [3.63, 3.8) is 0 Å². The van der Waals surface area contributed by atoms with E-state index in [2.05, 4.69) is 27.0 Å². The van der Waals surface area contributed by atoms with Gasteiger partial charge in [-0.15, -0.1) is 22.7 Å². The molecule has 2 heterocycles. The van der Waals surface area contributed by atoms with Crippen LogP contribution in [0.25, 0.3) is 10.6 Å². The second kappa shape index (κ2) is 4.56. The van der Waals surface area contributed by atoms with Crippen LogP contribution < -0.4 is 0 Å². The molecular formula is C11H12BrNOS2. The summed E-state index contributed by atoms with van der Waals surface area (Å²) < 4.78 is 1.11. The molecule has 0 saturated carbocycles. The first-order valence-electron chi connectivity index (χ1n) is 4.85. The number of thiazole rings is 1. The van der Waals surface area contributed by atoms with E-state index in [0.717, 1.165) is 19.4 Å². The van der Waals surface area contributed by atoms with Crippen LogP contribution in [-0.4, -0.2) is 16.7 Å². The van der Waals surface area contributed by atoms with Gasteiger partial charge in [0.05, 0.1) is 21.0 Å². The summed E-state index contributed by atoms with van der Waals surface area (Å²) in [6.45, 7) is 4.12. The molecule has 2 aromatic heterocycles. The van der Waals surface area contributed by atoms with Gasteiger partial charge in [0.1, 0.15) is 5.01 Å². The highest BCUT2D eigenvalue weighted by Crippen LogP contribution is 2.34. The smallest absolute Gasteiger partial charge is 0.101 e. The van der Waals surface area contributed by atoms with Crippen molar-refractivity contribution >= 4 is 38.6 Å². The van der Waals surface area contributed by atoms with Gasteiger partial charge >= 0.3 is 0 Å². The molecule has 2 nitrogen and oxygen atoms in total. The highest BCUT2D eigenvalue weighted by molar-refractivity contribution is 9.11. The van der Waals surface area contributed by atoms with Crippen molar-refractivity contribution in [1.29, 1.82) is 0 Å². The molecule has 86 valence electrons. The largest absolute Gasteiger partial charge is 0.395 e. The van der Waals surface area contributed by atoms with Gasteiger partial charge in [0.25, 0.3) is 0 Å². The number of nitrogens with zero attached hydrogens (tertiary/aromatic N) is 1. The molecule has 0 atom stereocenters. The van der Waals surface area contributed by atoms with Crippen LogP contribution in [0.3, 0.4) is 0 Å². The first kappa shape index (κ1) is 12.2. The average Bonchev–Trinajstić information content (AvgIpc) is 2.85. The molecule has 1 N–H and O–H groups in total. The Hall–Kier alpha value is -0.230. The average molecular weight is 318 g/mol. The second-order valence-corrected chi connectivity index (χ2v) is 7.50. The summed E-state index contributed by atoms with van der Waals surface area (Å²) in [6, 6.07) is 4.08. The van der Waals surface area contributed by atoms with E-state index in [9.17, 15) is 5.11 Å². The van der Waals surface area contributed by atoms with E-state index in [1.54, 1.807) is 22.7 Å². The molecule has 0 bridgehead atoms. The van der Waals surface area contributed by atoms with Crippen LogP contribution in [0.15, 0.2) is 21.3 Å². The number of halogens is 1. The monoisotopic (exact) mass is 317 g/mol. The Bertz CT molecular complexity index is 490. The van der Waals surface area contributed by atoms with Crippen molar-refractivity contribution in [2.75, 3.05) is 6.61 Å². The molecule has 0 saturated heterocycles. The number of thiophene rings is 1. The van der Waals surface area contributed by atoms with Gasteiger partial charge in [-0.05, 0) is 28.1 Å². The zero-order valence-electron chi connectivity index (χ0n) is 9.03. The quantitative estimate of drug-likeness (QED) is 0.931. The Balaban J connectivity index is 2.33. The minimum absolute atomic E-state index is 0.119. The Morgan fingerprint density at radius 2 is 2.19 bits per heavy atom. The normalized spacial score (nSPS) is 12.0. The van der Waals surface area contributed by atoms with Crippen LogP contribution in [0.5, 0.6) is 0 Å². The lowest BCUT2D eigenvalue weighted by Gasteiger charge is -2.17. The lowest BCUT2D eigenvalue weighted by atomic mass is 9.96. The van der Waals surface area contributed by atoms with E-state index in [1.807, 2.05) is 25.3 Å². The SMILES string of the molecule is CC(C)(CO)c1nc(-c2ccc(Br)s2)cs1. The molecule has 0 radical (unpaired) electrons. The van der Waals surface area contributed by atoms with Crippen LogP contribution in [0.4, 0.5) is 0 Å². The first-order valence-corrected chi connectivity index (χ1v) is 7.34. The maximum atomic E-state index is 9.29. The molecule has 0 aliphatic carbocycles. The minimum atomic E-state index is -0.253. The molecule has 0 unspecified atom stereocenters. The van der Waals surface area contributed by atoms with Gasteiger partial charge < -0.3 is 5.11 Å². The number of aliphatic hydroxyl groups excluding tert-OH is 1. The summed E-state index contributed by atoms with van der Waals surface area (Å²) in [5.41, 5.74) is 0.745. The van der Waals surface area contributed by atoms with Gasteiger partial charge in [0.2, 0.25) is 0 Å². The van der Waals surface area contributed by atoms with Crippen LogP contribution in [0.2, 0.25) is 0 Å². The summed E-state index contributed by atoms with van der Waals surface area (Å²) in [5.74, 6) is 0. The highest BCUT2D eigenvalue weighted by Gasteiger charge is 2.23. The van der Waals surface area contributed by atoms with Crippen molar-refractivity contribution in [1.82, 2.24) is 4.98 Å². The van der Waals surface area contributed by atoms with Crippen molar-refractivity contribution in [2.24, 2.45) is 0 Å². The first-order chi connectivity index (χ1) is 7.53. The molecule has 0 spiro atoms. The summed E-state index contributed by atoms with van der Waals surface area (Å²) in [5, 5.41) is 12.3. The maximum absolute atomic E-state index is 9.29. The van der Waals surface area contributed by atoms with Crippen LogP contribution in [-0.2, 0) is 5.41 Å². The molecule has 2 rings (SSSR count). The topological polar surface area (TPSA) is 33.1 Å². The lowest BCUT2D eigenvalue weighted by molar-refractivity contribution is 0.218. The third kappa shape index (κ3) is 2.37. The second-order valence-electron chi connectivity index (χ2n) is 4.18. The number of hydrogen-bond donors (Lipinski definition) is 1. The highest BCUT2D eigenvalue weighted by atomic mass is 79.9. The molecule has 0 aromatic carbocycles. The Kier molecular flexibility index (Phi) is 3.49. The van der Waals surface area contributed by atoms with E-state index in [1.165, 1.54) is 0 Å². The third-order valence-electron chi connectivity index (χ3n) is 2.30. The summed E-state index contributed by atoms with van der Waals surface area (Å²) in [6.07, 6.45) is 0. The van der Waals surface area contributed by atoms with E-state index in [0.29, 0.717) is 0 Å². The molecule has 0 amide bonds. The van der Waals surface area contributed by atoms with Crippen LogP contribution >= 0.6 is 38.6 Å². The van der Waals surface area contributed by atoms with Gasteiger partial charge in [-0.1, -0.05) is 13.8 Å². The molecule has 5 heteroatoms. The van der Waals surface area contributed by atoms with E-state index in [4.69, 9.17) is 0 Å². The van der Waals surface area contributed by atoms with Gasteiger partial charge in [-0.25, -0.2) is 4.98 Å². The molecule has 0 fully saturated rings. The Morgan fingerprint density at radius 3 is 2.75 bits per heavy atom. The number of hydrogen-bond acceptors (Lipinski definition) is 4. The molecular weight excluding hydrogens is 306 g/mol. The standard InChI is InChI=1S/C11H12BrNOS2/c1-11(2,6-14)10-13-7(5-15-10)8-3-4-9(12)16-8/h3-5,14H,6H2,1-2H3. The van der Waals surface area contributed by atoms with Gasteiger partial charge in [0, 0.05) is 10.8 Å². The fourth-order valence-corrected chi connectivity index (χ4v) is 3.58. The minimum Gasteiger partial charge on any atom is -0.395 e. The summed E-state index contributed by atoms with van der Waals surface area (Å²) >= 11 is 6.72. The van der Waals surface area contributed by atoms with Crippen LogP contribution in [0, 0.1) is 0 Å². The van der Waals surface area contributed by atoms with Crippen molar-refractivity contribution < 1.29 is 5.11 Å². The van der Waals surface area contributed by atoms with Crippen molar-refractivity contribution in [2.45, 2.75) is 19.3 Å². The predicted molar refractivity (Wildman–Crippen MR) is 73.2 cm³/mol. The van der Waals surface area contributed by atoms with Crippen molar-refractivity contribution in [3.05, 3.63) is 26.3 Å². The fourth-order valence-electron chi connectivity index (χ4n) is 1.22. The maximum Gasteiger partial charge on any atom is 0.101 e. The summed E-state index contributed by atoms with van der Waals surface area (Å²) in [7, 11) is 0. The number of aromatic nitrogens is 1. The number of aliphatic hydroxyl groups is 1. The predicted octanol–water partition coefficient (Wildman–Crippen LogP) is 3.90.